The number of hydrogen-bond donors (Lipinski definition) is 1. The van der Waals surface area contributed by atoms with Crippen LogP contribution >= 0.6 is 36.2 Å². The minimum absolute atomic E-state index is 0. The number of aromatic nitrogens is 1. The Kier molecular flexibility index (Phi) is 7.02. The second-order valence-electron chi connectivity index (χ2n) is 0.904. The van der Waals surface area contributed by atoms with Crippen LogP contribution in [0.2, 0.25) is 0 Å². The van der Waals surface area contributed by atoms with Crippen LogP contribution in [-0.2, 0) is 0 Å². The third-order valence-electron chi connectivity index (χ3n) is 0.451. The predicted octanol–water partition coefficient (Wildman–Crippen LogP) is 1.57. The molecular formula is C3H6Cl2N2S. The molecule has 1 heterocycles. The molecule has 48 valence electrons. The van der Waals surface area contributed by atoms with Crippen molar-refractivity contribution in [2.45, 2.75) is 0 Å². The minimum Gasteiger partial charge on any atom is -0.389 e. The van der Waals surface area contributed by atoms with Crippen LogP contribution in [0.4, 0.5) is 5.00 Å². The fraction of sp³-hybridized carbons (Fsp3) is 0. The summed E-state index contributed by atoms with van der Waals surface area (Å²) in [7, 11) is 0. The summed E-state index contributed by atoms with van der Waals surface area (Å²) < 4.78 is 0. The van der Waals surface area contributed by atoms with E-state index in [0.717, 1.165) is 5.00 Å². The summed E-state index contributed by atoms with van der Waals surface area (Å²) in [4.78, 5) is 3.72. The summed E-state index contributed by atoms with van der Waals surface area (Å²) in [5.74, 6) is 0. The van der Waals surface area contributed by atoms with Crippen molar-refractivity contribution >= 4 is 41.2 Å². The largest absolute Gasteiger partial charge is 0.389 e. The quantitative estimate of drug-likeness (QED) is 0.646. The van der Waals surface area contributed by atoms with Gasteiger partial charge in [-0.05, 0) is 0 Å². The molecular weight excluding hydrogens is 167 g/mol. The van der Waals surface area contributed by atoms with Gasteiger partial charge in [-0.3, -0.25) is 4.98 Å². The molecule has 0 aromatic carbocycles. The van der Waals surface area contributed by atoms with Gasteiger partial charge in [0.25, 0.3) is 0 Å². The molecule has 0 atom stereocenters. The summed E-state index contributed by atoms with van der Waals surface area (Å²) in [6.07, 6.45) is 1.63. The van der Waals surface area contributed by atoms with Gasteiger partial charge in [0.1, 0.15) is 5.00 Å². The van der Waals surface area contributed by atoms with Crippen LogP contribution in [0.5, 0.6) is 0 Å². The zero-order valence-electron chi connectivity index (χ0n) is 3.90. The first-order valence-corrected chi connectivity index (χ1v) is 2.41. The maximum absolute atomic E-state index is 5.23. The zero-order valence-corrected chi connectivity index (χ0v) is 6.35. The van der Waals surface area contributed by atoms with Gasteiger partial charge in [-0.2, -0.15) is 0 Å². The predicted molar refractivity (Wildman–Crippen MR) is 41.0 cm³/mol. The molecule has 0 amide bonds. The second kappa shape index (κ2) is 5.15. The van der Waals surface area contributed by atoms with Crippen LogP contribution < -0.4 is 5.73 Å². The molecule has 1 rings (SSSR count). The summed E-state index contributed by atoms with van der Waals surface area (Å²) >= 11 is 1.44. The number of hydrogen-bond acceptors (Lipinski definition) is 3. The molecule has 0 unspecified atom stereocenters. The van der Waals surface area contributed by atoms with E-state index >= 15 is 0 Å². The Morgan fingerprint density at radius 1 is 1.50 bits per heavy atom. The Bertz CT molecular complexity index is 119. The molecule has 0 spiro atoms. The lowest BCUT2D eigenvalue weighted by Crippen LogP contribution is -1.73. The average molecular weight is 173 g/mol. The van der Waals surface area contributed by atoms with E-state index in [1.165, 1.54) is 11.3 Å². The molecule has 0 bridgehead atoms. The van der Waals surface area contributed by atoms with Gasteiger partial charge in [0, 0.05) is 0 Å². The first-order chi connectivity index (χ1) is 2.89. The lowest BCUT2D eigenvalue weighted by atomic mass is 10.9. The molecule has 0 aliphatic rings. The van der Waals surface area contributed by atoms with Gasteiger partial charge in [-0.15, -0.1) is 36.2 Å². The van der Waals surface area contributed by atoms with E-state index in [2.05, 4.69) is 4.98 Å². The highest BCUT2D eigenvalue weighted by Crippen LogP contribution is 2.04. The van der Waals surface area contributed by atoms with E-state index in [0.29, 0.717) is 0 Å². The monoisotopic (exact) mass is 172 g/mol. The van der Waals surface area contributed by atoms with Crippen molar-refractivity contribution in [3.63, 3.8) is 0 Å². The standard InChI is InChI=1S/C3H4N2S.2ClH/c4-3-1-5-2-6-3;;/h1-2H,4H2;2*1H. The Balaban J connectivity index is 0. The second-order valence-corrected chi connectivity index (χ2v) is 1.82. The topological polar surface area (TPSA) is 38.9 Å². The van der Waals surface area contributed by atoms with Crippen molar-refractivity contribution < 1.29 is 0 Å². The van der Waals surface area contributed by atoms with E-state index in [-0.39, 0.29) is 24.8 Å². The maximum atomic E-state index is 5.23. The summed E-state index contributed by atoms with van der Waals surface area (Å²) in [5.41, 5.74) is 6.94. The Morgan fingerprint density at radius 2 is 2.12 bits per heavy atom. The van der Waals surface area contributed by atoms with Gasteiger partial charge >= 0.3 is 0 Å². The van der Waals surface area contributed by atoms with E-state index in [4.69, 9.17) is 5.73 Å². The summed E-state index contributed by atoms with van der Waals surface area (Å²) in [5, 5.41) is 0.773. The van der Waals surface area contributed by atoms with E-state index in [9.17, 15) is 0 Å². The zero-order chi connectivity index (χ0) is 4.41. The third kappa shape index (κ3) is 3.07. The highest BCUT2D eigenvalue weighted by atomic mass is 35.5. The summed E-state index contributed by atoms with van der Waals surface area (Å²) in [6.45, 7) is 0. The Hall–Kier alpha value is 0.01000. The van der Waals surface area contributed by atoms with Crippen molar-refractivity contribution in [1.82, 2.24) is 4.98 Å². The van der Waals surface area contributed by atoms with Crippen LogP contribution in [0.3, 0.4) is 0 Å². The normalized spacial score (nSPS) is 6.50. The van der Waals surface area contributed by atoms with Gasteiger partial charge in [-0.1, -0.05) is 0 Å². The molecule has 0 saturated heterocycles. The number of nitrogen functional groups attached to an aromatic ring is 1. The third-order valence-corrected chi connectivity index (χ3v) is 1.06. The van der Waals surface area contributed by atoms with Crippen molar-refractivity contribution in [3.8, 4) is 0 Å². The van der Waals surface area contributed by atoms with Crippen LogP contribution in [0, 0.1) is 0 Å². The molecule has 1 aromatic heterocycles. The van der Waals surface area contributed by atoms with Crippen molar-refractivity contribution in [1.29, 1.82) is 0 Å². The highest BCUT2D eigenvalue weighted by Gasteiger charge is 1.76. The molecule has 0 aliphatic carbocycles. The van der Waals surface area contributed by atoms with Crippen LogP contribution in [0.15, 0.2) is 11.7 Å². The number of nitrogens with zero attached hydrogens (tertiary/aromatic N) is 1. The van der Waals surface area contributed by atoms with Crippen molar-refractivity contribution in [3.05, 3.63) is 11.7 Å². The molecule has 0 aliphatic heterocycles. The number of anilines is 1. The molecule has 2 nitrogen and oxygen atoms in total. The summed E-state index contributed by atoms with van der Waals surface area (Å²) in [6, 6.07) is 0. The molecule has 2 N–H and O–H groups in total. The van der Waals surface area contributed by atoms with Gasteiger partial charge in [-0.25, -0.2) is 0 Å². The number of rotatable bonds is 0. The fourth-order valence-corrected chi connectivity index (χ4v) is 0.591. The van der Waals surface area contributed by atoms with E-state index in [1.54, 1.807) is 11.7 Å². The van der Waals surface area contributed by atoms with Gasteiger partial charge in [0.15, 0.2) is 0 Å². The van der Waals surface area contributed by atoms with E-state index in [1.807, 2.05) is 0 Å². The maximum Gasteiger partial charge on any atom is 0.106 e. The van der Waals surface area contributed by atoms with Crippen LogP contribution in [0.25, 0.3) is 0 Å². The smallest absolute Gasteiger partial charge is 0.106 e. The van der Waals surface area contributed by atoms with Crippen LogP contribution in [-0.4, -0.2) is 4.98 Å². The number of thiazole rings is 1. The first-order valence-electron chi connectivity index (χ1n) is 1.53. The van der Waals surface area contributed by atoms with E-state index < -0.39 is 0 Å². The van der Waals surface area contributed by atoms with Gasteiger partial charge in [0.05, 0.1) is 11.7 Å². The molecule has 0 radical (unpaired) electrons. The van der Waals surface area contributed by atoms with Gasteiger partial charge < -0.3 is 5.73 Å². The Labute approximate surface area is 63.9 Å². The van der Waals surface area contributed by atoms with Gasteiger partial charge in [0.2, 0.25) is 0 Å². The first kappa shape index (κ1) is 10.9. The fourth-order valence-electron chi connectivity index (χ4n) is 0.226. The molecule has 8 heavy (non-hydrogen) atoms. The molecule has 0 fully saturated rings. The van der Waals surface area contributed by atoms with Crippen LogP contribution in [0.1, 0.15) is 0 Å². The molecule has 0 saturated carbocycles. The minimum atomic E-state index is 0. The lowest BCUT2D eigenvalue weighted by molar-refractivity contribution is 1.43. The van der Waals surface area contributed by atoms with Crippen molar-refractivity contribution in [2.24, 2.45) is 0 Å². The number of nitrogens with two attached hydrogens (primary N) is 1. The number of halogens is 2. The molecule has 1 aromatic rings. The lowest BCUT2D eigenvalue weighted by Gasteiger charge is -1.66. The highest BCUT2D eigenvalue weighted by molar-refractivity contribution is 7.13. The average Bonchev–Trinajstić information content (AvgIpc) is 1.86. The van der Waals surface area contributed by atoms with Crippen molar-refractivity contribution in [2.75, 3.05) is 5.73 Å². The molecule has 5 heteroatoms. The Morgan fingerprint density at radius 3 is 2.25 bits per heavy atom. The SMILES string of the molecule is Cl.Cl.Nc1cncs1.